The third kappa shape index (κ3) is 2.89. The Morgan fingerprint density at radius 2 is 2.18 bits per heavy atom. The van der Waals surface area contributed by atoms with E-state index in [1.807, 2.05) is 0 Å². The Hall–Kier alpha value is -1.72. The van der Waals surface area contributed by atoms with E-state index >= 15 is 0 Å². The smallest absolute Gasteiger partial charge is 0.288 e. The first kappa shape index (κ1) is 13.3. The maximum atomic E-state index is 11.0. The minimum Gasteiger partial charge on any atom is -0.384 e. The maximum Gasteiger partial charge on any atom is 0.288 e. The summed E-state index contributed by atoms with van der Waals surface area (Å²) < 4.78 is 0. The average Bonchev–Trinajstić information content (AvgIpc) is 2.27. The third-order valence-electron chi connectivity index (χ3n) is 2.26. The fourth-order valence-corrected chi connectivity index (χ4v) is 1.42. The number of nitrogens with zero attached hydrogens (tertiary/aromatic N) is 1. The number of hydrogen-bond acceptors (Lipinski definition) is 4. The van der Waals surface area contributed by atoms with Crippen molar-refractivity contribution in [2.24, 2.45) is 0 Å². The molecule has 0 fully saturated rings. The molecule has 0 saturated carbocycles. The fourth-order valence-electron chi connectivity index (χ4n) is 1.23. The van der Waals surface area contributed by atoms with Crippen molar-refractivity contribution in [2.45, 2.75) is 13.0 Å². The summed E-state index contributed by atoms with van der Waals surface area (Å²) in [6.45, 7) is 4.68. The van der Waals surface area contributed by atoms with Gasteiger partial charge in [0.1, 0.15) is 11.1 Å². The lowest BCUT2D eigenvalue weighted by molar-refractivity contribution is -0.384. The molecule has 6 heteroatoms. The second kappa shape index (κ2) is 5.07. The van der Waals surface area contributed by atoms with Crippen molar-refractivity contribution >= 4 is 23.1 Å². The van der Waals surface area contributed by atoms with Crippen LogP contribution in [0.2, 0.25) is 5.02 Å². The number of aliphatic hydroxyl groups is 1. The summed E-state index contributed by atoms with van der Waals surface area (Å²) in [4.78, 5) is 21.0. The van der Waals surface area contributed by atoms with Gasteiger partial charge in [0.15, 0.2) is 5.78 Å². The van der Waals surface area contributed by atoms with Crippen molar-refractivity contribution < 1.29 is 14.8 Å². The highest BCUT2D eigenvalue weighted by Gasteiger charge is 2.20. The molecule has 0 aliphatic heterocycles. The van der Waals surface area contributed by atoms with Crippen LogP contribution in [0.3, 0.4) is 0 Å². The quantitative estimate of drug-likeness (QED) is 0.509. The van der Waals surface area contributed by atoms with Gasteiger partial charge in [0.2, 0.25) is 0 Å². The first-order valence-electron chi connectivity index (χ1n) is 4.66. The van der Waals surface area contributed by atoms with E-state index in [2.05, 4.69) is 6.58 Å². The van der Waals surface area contributed by atoms with Gasteiger partial charge in [-0.1, -0.05) is 24.2 Å². The molecule has 1 atom stereocenters. The van der Waals surface area contributed by atoms with Crippen LogP contribution in [0.4, 0.5) is 5.69 Å². The van der Waals surface area contributed by atoms with Crippen LogP contribution < -0.4 is 0 Å². The highest BCUT2D eigenvalue weighted by Crippen LogP contribution is 2.30. The minimum absolute atomic E-state index is 0.0263. The predicted octanol–water partition coefficient (Wildman–Crippen LogP) is 2.43. The van der Waals surface area contributed by atoms with E-state index in [0.29, 0.717) is 0 Å². The van der Waals surface area contributed by atoms with Crippen molar-refractivity contribution in [2.75, 3.05) is 0 Å². The molecule has 0 bridgehead atoms. The van der Waals surface area contributed by atoms with Gasteiger partial charge in [-0.2, -0.15) is 0 Å². The summed E-state index contributed by atoms with van der Waals surface area (Å²) in [5.41, 5.74) is -0.137. The molecule has 1 unspecified atom stereocenters. The number of rotatable bonds is 4. The summed E-state index contributed by atoms with van der Waals surface area (Å²) in [5.74, 6) is -0.380. The Balaban J connectivity index is 3.16. The van der Waals surface area contributed by atoms with Crippen LogP contribution in [-0.2, 0) is 4.79 Å². The number of carbonyl (C=O) groups is 1. The Morgan fingerprint density at radius 1 is 1.59 bits per heavy atom. The summed E-state index contributed by atoms with van der Waals surface area (Å²) in [5, 5.41) is 20.4. The largest absolute Gasteiger partial charge is 0.384 e. The molecule has 1 rings (SSSR count). The summed E-state index contributed by atoms with van der Waals surface area (Å²) in [7, 11) is 0. The van der Waals surface area contributed by atoms with Crippen LogP contribution in [0.25, 0.3) is 0 Å². The third-order valence-corrected chi connectivity index (χ3v) is 2.58. The number of nitro benzene ring substituents is 1. The lowest BCUT2D eigenvalue weighted by Gasteiger charge is -2.11. The van der Waals surface area contributed by atoms with Crippen molar-refractivity contribution in [3.8, 4) is 0 Å². The molecule has 0 radical (unpaired) electrons. The van der Waals surface area contributed by atoms with Gasteiger partial charge in [-0.3, -0.25) is 14.9 Å². The molecule has 1 aromatic carbocycles. The van der Waals surface area contributed by atoms with Crippen LogP contribution in [0.5, 0.6) is 0 Å². The molecule has 17 heavy (non-hydrogen) atoms. The fraction of sp³-hybridized carbons (Fsp3) is 0.182. The first-order valence-corrected chi connectivity index (χ1v) is 5.04. The number of aliphatic hydroxyl groups excluding tert-OH is 1. The Bertz CT molecular complexity index is 498. The lowest BCUT2D eigenvalue weighted by Crippen LogP contribution is -2.07. The Morgan fingerprint density at radius 3 is 2.65 bits per heavy atom. The normalized spacial score (nSPS) is 11.9. The summed E-state index contributed by atoms with van der Waals surface area (Å²) in [6.07, 6.45) is -1.26. The monoisotopic (exact) mass is 255 g/mol. The number of halogens is 1. The zero-order valence-electron chi connectivity index (χ0n) is 9.01. The number of carbonyl (C=O) groups excluding carboxylic acids is 1. The van der Waals surface area contributed by atoms with Gasteiger partial charge in [0, 0.05) is 11.6 Å². The van der Waals surface area contributed by atoms with Crippen LogP contribution in [0.15, 0.2) is 30.4 Å². The topological polar surface area (TPSA) is 80.4 Å². The average molecular weight is 256 g/mol. The van der Waals surface area contributed by atoms with Crippen LogP contribution in [0, 0.1) is 10.1 Å². The van der Waals surface area contributed by atoms with Gasteiger partial charge < -0.3 is 5.11 Å². The molecule has 0 spiro atoms. The second-order valence-corrected chi connectivity index (χ2v) is 3.86. The van der Waals surface area contributed by atoms with E-state index in [0.717, 1.165) is 6.07 Å². The number of hydrogen-bond donors (Lipinski definition) is 1. The van der Waals surface area contributed by atoms with Crippen molar-refractivity contribution in [1.82, 2.24) is 0 Å². The zero-order valence-corrected chi connectivity index (χ0v) is 9.77. The van der Waals surface area contributed by atoms with Gasteiger partial charge in [0.05, 0.1) is 4.92 Å². The Kier molecular flexibility index (Phi) is 3.98. The highest BCUT2D eigenvalue weighted by molar-refractivity contribution is 6.32. The van der Waals surface area contributed by atoms with E-state index in [1.54, 1.807) is 0 Å². The van der Waals surface area contributed by atoms with Crippen molar-refractivity contribution in [1.29, 1.82) is 0 Å². The molecule has 0 heterocycles. The molecule has 90 valence electrons. The molecule has 5 nitrogen and oxygen atoms in total. The second-order valence-electron chi connectivity index (χ2n) is 3.45. The minimum atomic E-state index is -1.26. The molecular weight excluding hydrogens is 246 g/mol. The molecule has 0 aromatic heterocycles. The van der Waals surface area contributed by atoms with Crippen molar-refractivity contribution in [3.63, 3.8) is 0 Å². The molecule has 1 N–H and O–H groups in total. The molecule has 0 aliphatic rings. The summed E-state index contributed by atoms with van der Waals surface area (Å²) in [6, 6.07) is 3.83. The van der Waals surface area contributed by atoms with Crippen LogP contribution >= 0.6 is 11.6 Å². The SMILES string of the molecule is C=C(C(C)=O)C(O)c1ccc(Cl)c([N+](=O)[O-])c1. The first-order chi connectivity index (χ1) is 7.84. The van der Waals surface area contributed by atoms with E-state index in [-0.39, 0.29) is 27.6 Å². The molecule has 0 saturated heterocycles. The van der Waals surface area contributed by atoms with Crippen LogP contribution in [0.1, 0.15) is 18.6 Å². The highest BCUT2D eigenvalue weighted by atomic mass is 35.5. The lowest BCUT2D eigenvalue weighted by atomic mass is 10.00. The zero-order chi connectivity index (χ0) is 13.2. The molecule has 0 aliphatic carbocycles. The number of benzene rings is 1. The van der Waals surface area contributed by atoms with E-state index in [1.165, 1.54) is 19.1 Å². The van der Waals surface area contributed by atoms with Crippen LogP contribution in [-0.4, -0.2) is 15.8 Å². The van der Waals surface area contributed by atoms with Gasteiger partial charge in [-0.15, -0.1) is 0 Å². The number of Topliss-reactive ketones (excluding diaryl/α,β-unsaturated/α-hetero) is 1. The number of ketones is 1. The molecule has 1 aromatic rings. The summed E-state index contributed by atoms with van der Waals surface area (Å²) >= 11 is 5.63. The number of nitro groups is 1. The van der Waals surface area contributed by atoms with E-state index < -0.39 is 11.0 Å². The van der Waals surface area contributed by atoms with Crippen molar-refractivity contribution in [3.05, 3.63) is 51.1 Å². The predicted molar refractivity (Wildman–Crippen MR) is 62.9 cm³/mol. The Labute approximate surface area is 102 Å². The standard InChI is InChI=1S/C11H10ClNO4/c1-6(7(2)14)11(15)8-3-4-9(12)10(5-8)13(16)17/h3-5,11,15H,1H2,2H3. The van der Waals surface area contributed by atoms with Gasteiger partial charge in [0.25, 0.3) is 5.69 Å². The molecular formula is C11H10ClNO4. The van der Waals surface area contributed by atoms with Gasteiger partial charge in [-0.25, -0.2) is 0 Å². The molecule has 0 amide bonds. The van der Waals surface area contributed by atoms with Gasteiger partial charge in [-0.05, 0) is 18.6 Å². The van der Waals surface area contributed by atoms with Gasteiger partial charge >= 0.3 is 0 Å². The van der Waals surface area contributed by atoms with E-state index in [9.17, 15) is 20.0 Å². The van der Waals surface area contributed by atoms with E-state index in [4.69, 9.17) is 11.6 Å². The maximum absolute atomic E-state index is 11.0.